The van der Waals surface area contributed by atoms with Crippen molar-refractivity contribution in [3.05, 3.63) is 35.7 Å². The van der Waals surface area contributed by atoms with E-state index in [4.69, 9.17) is 19.3 Å². The molecule has 3 atom stereocenters. The van der Waals surface area contributed by atoms with Gasteiger partial charge in [-0.2, -0.15) is 0 Å². The summed E-state index contributed by atoms with van der Waals surface area (Å²) in [4.78, 5) is 2.43. The Labute approximate surface area is 183 Å². The predicted molar refractivity (Wildman–Crippen MR) is 116 cm³/mol. The highest BCUT2D eigenvalue weighted by Gasteiger charge is 2.42. The lowest BCUT2D eigenvalue weighted by atomic mass is 9.82. The highest BCUT2D eigenvalue weighted by Crippen LogP contribution is 2.41. The van der Waals surface area contributed by atoms with Gasteiger partial charge in [-0.15, -0.1) is 10.2 Å². The van der Waals surface area contributed by atoms with Gasteiger partial charge in [0.1, 0.15) is 5.75 Å². The zero-order valence-electron chi connectivity index (χ0n) is 18.2. The largest absolute Gasteiger partial charge is 0.482 e. The molecule has 3 unspecified atom stereocenters. The molecular weight excluding hydrogens is 392 g/mol. The van der Waals surface area contributed by atoms with Crippen LogP contribution in [-0.2, 0) is 22.4 Å². The Morgan fingerprint density at radius 2 is 2.03 bits per heavy atom. The van der Waals surface area contributed by atoms with E-state index in [0.29, 0.717) is 0 Å². The van der Waals surface area contributed by atoms with Gasteiger partial charge in [-0.05, 0) is 50.2 Å². The molecule has 6 rings (SSSR count). The van der Waals surface area contributed by atoms with Gasteiger partial charge in [0, 0.05) is 38.1 Å². The van der Waals surface area contributed by atoms with Crippen LogP contribution in [0.1, 0.15) is 56.0 Å². The van der Waals surface area contributed by atoms with Crippen molar-refractivity contribution in [2.45, 2.75) is 63.7 Å². The minimum absolute atomic E-state index is 0.0863. The van der Waals surface area contributed by atoms with Crippen LogP contribution in [-0.4, -0.2) is 53.8 Å². The summed E-state index contributed by atoms with van der Waals surface area (Å²) in [5, 5.41) is 9.40. The minimum atomic E-state index is -0.0863. The maximum absolute atomic E-state index is 6.31. The maximum Gasteiger partial charge on any atom is 0.227 e. The van der Waals surface area contributed by atoms with E-state index < -0.39 is 0 Å². The van der Waals surface area contributed by atoms with Gasteiger partial charge in [0.2, 0.25) is 5.95 Å². The summed E-state index contributed by atoms with van der Waals surface area (Å²) < 4.78 is 20.6. The normalized spacial score (nSPS) is 30.5. The highest BCUT2D eigenvalue weighted by atomic mass is 16.5. The Bertz CT molecular complexity index is 892. The minimum Gasteiger partial charge on any atom is -0.482 e. The molecule has 1 aromatic heterocycles. The van der Waals surface area contributed by atoms with Gasteiger partial charge >= 0.3 is 0 Å². The summed E-state index contributed by atoms with van der Waals surface area (Å²) in [5.41, 5.74) is 1.52. The number of anilines is 1. The number of nitrogens with zero attached hydrogens (tertiary/aromatic N) is 4. The molecule has 7 heteroatoms. The number of ether oxygens (including phenoxy) is 3. The summed E-state index contributed by atoms with van der Waals surface area (Å²) in [5.74, 6) is 2.88. The zero-order valence-corrected chi connectivity index (χ0v) is 18.2. The molecule has 1 spiro atoms. The molecule has 3 saturated heterocycles. The molecule has 7 nitrogen and oxygen atoms in total. The first kappa shape index (κ1) is 19.6. The maximum atomic E-state index is 6.31. The summed E-state index contributed by atoms with van der Waals surface area (Å²) in [6.07, 6.45) is 8.05. The van der Waals surface area contributed by atoms with Crippen molar-refractivity contribution in [1.82, 2.24) is 14.8 Å². The van der Waals surface area contributed by atoms with Gasteiger partial charge in [-0.3, -0.25) is 4.57 Å². The van der Waals surface area contributed by atoms with Crippen molar-refractivity contribution in [1.29, 1.82) is 0 Å². The molecule has 0 amide bonds. The second kappa shape index (κ2) is 8.10. The van der Waals surface area contributed by atoms with Crippen LogP contribution in [0.4, 0.5) is 5.95 Å². The van der Waals surface area contributed by atoms with Crippen molar-refractivity contribution in [2.75, 3.05) is 37.8 Å². The highest BCUT2D eigenvalue weighted by molar-refractivity contribution is 5.40. The third kappa shape index (κ3) is 3.72. The van der Waals surface area contributed by atoms with Gasteiger partial charge < -0.3 is 19.1 Å². The third-order valence-electron chi connectivity index (χ3n) is 7.48. The fraction of sp³-hybridized carbons (Fsp3) is 0.667. The number of fused-ring (bicyclic) bond motifs is 1. The molecule has 5 heterocycles. The Hall–Kier alpha value is -2.12. The summed E-state index contributed by atoms with van der Waals surface area (Å²) in [6, 6.07) is 8.30. The van der Waals surface area contributed by atoms with E-state index in [1.165, 1.54) is 24.8 Å². The smallest absolute Gasteiger partial charge is 0.227 e. The lowest BCUT2D eigenvalue weighted by Gasteiger charge is -2.33. The van der Waals surface area contributed by atoms with Crippen LogP contribution in [0.5, 0.6) is 5.75 Å². The van der Waals surface area contributed by atoms with Crippen LogP contribution in [0, 0.1) is 5.41 Å². The molecule has 4 aliphatic heterocycles. The number of rotatable bonds is 4. The van der Waals surface area contributed by atoms with E-state index in [2.05, 4.69) is 32.8 Å². The number of hydrogen-bond acceptors (Lipinski definition) is 6. The van der Waals surface area contributed by atoms with Gasteiger partial charge in [0.05, 0.1) is 19.3 Å². The van der Waals surface area contributed by atoms with Crippen LogP contribution in [0.15, 0.2) is 24.3 Å². The molecule has 1 aromatic carbocycles. The van der Waals surface area contributed by atoms with Crippen molar-refractivity contribution < 1.29 is 14.2 Å². The molecule has 0 N–H and O–H groups in total. The van der Waals surface area contributed by atoms with Gasteiger partial charge in [-0.25, -0.2) is 0 Å². The Morgan fingerprint density at radius 3 is 2.87 bits per heavy atom. The summed E-state index contributed by atoms with van der Waals surface area (Å²) in [7, 11) is 0. The van der Waals surface area contributed by atoms with Crippen LogP contribution >= 0.6 is 0 Å². The standard InChI is InChI=1S/C24H32N4O3/c1-2-8-20-18(6-1)14-21(31-20)22-25-26-23(28(22)15-19-7-3-4-13-30-19)27-11-10-24(16-27)9-5-12-29-17-24/h1-2,6,8,19,21H,3-5,7,9-17H2. The van der Waals surface area contributed by atoms with E-state index in [1.807, 2.05) is 6.07 Å². The van der Waals surface area contributed by atoms with E-state index >= 15 is 0 Å². The second-order valence-electron chi connectivity index (χ2n) is 9.70. The van der Waals surface area contributed by atoms with Gasteiger partial charge in [0.25, 0.3) is 0 Å². The molecule has 0 saturated carbocycles. The van der Waals surface area contributed by atoms with E-state index in [0.717, 1.165) is 82.7 Å². The van der Waals surface area contributed by atoms with Crippen molar-refractivity contribution in [3.63, 3.8) is 0 Å². The Morgan fingerprint density at radius 1 is 1.06 bits per heavy atom. The van der Waals surface area contributed by atoms with E-state index in [1.54, 1.807) is 0 Å². The van der Waals surface area contributed by atoms with Crippen molar-refractivity contribution in [2.24, 2.45) is 5.41 Å². The number of benzene rings is 1. The first-order valence-electron chi connectivity index (χ1n) is 11.9. The van der Waals surface area contributed by atoms with Crippen LogP contribution in [0.2, 0.25) is 0 Å². The van der Waals surface area contributed by atoms with Gasteiger partial charge in [0.15, 0.2) is 11.9 Å². The van der Waals surface area contributed by atoms with Crippen LogP contribution < -0.4 is 9.64 Å². The zero-order chi connectivity index (χ0) is 20.7. The molecular formula is C24H32N4O3. The van der Waals surface area contributed by atoms with E-state index in [-0.39, 0.29) is 17.6 Å². The molecule has 0 aliphatic carbocycles. The first-order chi connectivity index (χ1) is 15.3. The third-order valence-corrected chi connectivity index (χ3v) is 7.48. The molecule has 2 aromatic rings. The fourth-order valence-electron chi connectivity index (χ4n) is 5.77. The van der Waals surface area contributed by atoms with Crippen LogP contribution in [0.3, 0.4) is 0 Å². The fourth-order valence-corrected chi connectivity index (χ4v) is 5.77. The summed E-state index contributed by atoms with van der Waals surface area (Å²) >= 11 is 0. The number of aromatic nitrogens is 3. The van der Waals surface area contributed by atoms with E-state index in [9.17, 15) is 0 Å². The number of hydrogen-bond donors (Lipinski definition) is 0. The average molecular weight is 425 g/mol. The monoisotopic (exact) mass is 424 g/mol. The molecule has 3 fully saturated rings. The molecule has 0 bridgehead atoms. The van der Waals surface area contributed by atoms with Crippen molar-refractivity contribution in [3.8, 4) is 5.75 Å². The lowest BCUT2D eigenvalue weighted by Crippen LogP contribution is -2.36. The Kier molecular flexibility index (Phi) is 5.11. The number of para-hydroxylation sites is 1. The predicted octanol–water partition coefficient (Wildman–Crippen LogP) is 3.53. The van der Waals surface area contributed by atoms with Crippen molar-refractivity contribution >= 4 is 5.95 Å². The first-order valence-corrected chi connectivity index (χ1v) is 11.9. The van der Waals surface area contributed by atoms with Crippen LogP contribution in [0.25, 0.3) is 0 Å². The molecule has 166 valence electrons. The SMILES string of the molecule is c1ccc2c(c1)CC(c1nnc(N3CCC4(CCCOC4)C3)n1CC1CCCCO1)O2. The molecule has 4 aliphatic rings. The quantitative estimate of drug-likeness (QED) is 0.748. The summed E-state index contributed by atoms with van der Waals surface area (Å²) in [6.45, 7) is 5.44. The lowest BCUT2D eigenvalue weighted by molar-refractivity contribution is 0.00337. The molecule has 0 radical (unpaired) electrons. The van der Waals surface area contributed by atoms with Gasteiger partial charge in [-0.1, -0.05) is 18.2 Å². The second-order valence-corrected chi connectivity index (χ2v) is 9.70. The average Bonchev–Trinajstić information content (AvgIpc) is 3.52. The molecule has 31 heavy (non-hydrogen) atoms. The topological polar surface area (TPSA) is 61.6 Å². The Balaban J connectivity index is 1.29.